The molecule has 0 heterocycles. The predicted molar refractivity (Wildman–Crippen MR) is 77.5 cm³/mol. The zero-order valence-electron chi connectivity index (χ0n) is 11.1. The molecule has 0 fully saturated rings. The summed E-state index contributed by atoms with van der Waals surface area (Å²) in [7, 11) is 0. The standard InChI is InChI=1S/C14H23ClN2/c1-9(2)12(10(3)4)8-17-14-6-5-11(15)7-13(14)16/h5-7,9-10,12,17H,8,16H2,1-4H3. The molecule has 3 N–H and O–H groups in total. The van der Waals surface area contributed by atoms with E-state index in [2.05, 4.69) is 33.0 Å². The van der Waals surface area contributed by atoms with E-state index in [0.29, 0.717) is 28.5 Å². The third-order valence-corrected chi connectivity index (χ3v) is 3.49. The lowest BCUT2D eigenvalue weighted by Crippen LogP contribution is -2.24. The van der Waals surface area contributed by atoms with E-state index in [1.54, 1.807) is 6.07 Å². The lowest BCUT2D eigenvalue weighted by atomic mass is 9.85. The van der Waals surface area contributed by atoms with Gasteiger partial charge in [-0.1, -0.05) is 39.3 Å². The third-order valence-electron chi connectivity index (χ3n) is 3.25. The van der Waals surface area contributed by atoms with Gasteiger partial charge in [-0.15, -0.1) is 0 Å². The van der Waals surface area contributed by atoms with Gasteiger partial charge in [0.1, 0.15) is 0 Å². The first-order valence-electron chi connectivity index (χ1n) is 6.20. The molecule has 0 spiro atoms. The Morgan fingerprint density at radius 1 is 1.18 bits per heavy atom. The maximum absolute atomic E-state index is 5.91. The Hall–Kier alpha value is -0.890. The van der Waals surface area contributed by atoms with Crippen molar-refractivity contribution in [2.75, 3.05) is 17.6 Å². The van der Waals surface area contributed by atoms with Gasteiger partial charge in [-0.2, -0.15) is 0 Å². The van der Waals surface area contributed by atoms with Crippen LogP contribution in [0.2, 0.25) is 5.02 Å². The van der Waals surface area contributed by atoms with E-state index >= 15 is 0 Å². The normalized spacial score (nSPS) is 11.5. The van der Waals surface area contributed by atoms with Crippen LogP contribution < -0.4 is 11.1 Å². The average molecular weight is 255 g/mol. The molecule has 0 aliphatic heterocycles. The summed E-state index contributed by atoms with van der Waals surface area (Å²) in [6.07, 6.45) is 0. The van der Waals surface area contributed by atoms with E-state index in [4.69, 9.17) is 17.3 Å². The van der Waals surface area contributed by atoms with Gasteiger partial charge in [0.05, 0.1) is 11.4 Å². The molecular weight excluding hydrogens is 232 g/mol. The topological polar surface area (TPSA) is 38.0 Å². The summed E-state index contributed by atoms with van der Waals surface area (Å²) < 4.78 is 0. The van der Waals surface area contributed by atoms with Gasteiger partial charge in [0.25, 0.3) is 0 Å². The molecule has 0 saturated heterocycles. The van der Waals surface area contributed by atoms with Crippen LogP contribution in [0.25, 0.3) is 0 Å². The number of nitrogens with one attached hydrogen (secondary N) is 1. The maximum atomic E-state index is 5.91. The van der Waals surface area contributed by atoms with Gasteiger partial charge in [-0.05, 0) is 36.0 Å². The minimum absolute atomic E-state index is 0.644. The Balaban J connectivity index is 2.65. The molecule has 0 atom stereocenters. The van der Waals surface area contributed by atoms with Crippen molar-refractivity contribution in [3.8, 4) is 0 Å². The Kier molecular flexibility index (Phi) is 5.13. The molecule has 0 amide bonds. The summed E-state index contributed by atoms with van der Waals surface area (Å²) >= 11 is 5.87. The Bertz CT molecular complexity index is 353. The van der Waals surface area contributed by atoms with Gasteiger partial charge < -0.3 is 11.1 Å². The summed E-state index contributed by atoms with van der Waals surface area (Å²) in [5, 5.41) is 4.10. The summed E-state index contributed by atoms with van der Waals surface area (Å²) in [5.41, 5.74) is 7.60. The Morgan fingerprint density at radius 3 is 2.24 bits per heavy atom. The van der Waals surface area contributed by atoms with Crippen molar-refractivity contribution in [1.29, 1.82) is 0 Å². The van der Waals surface area contributed by atoms with E-state index in [1.165, 1.54) is 0 Å². The quantitative estimate of drug-likeness (QED) is 0.771. The maximum Gasteiger partial charge on any atom is 0.0575 e. The molecule has 17 heavy (non-hydrogen) atoms. The molecule has 0 radical (unpaired) electrons. The van der Waals surface area contributed by atoms with E-state index in [1.807, 2.05) is 12.1 Å². The SMILES string of the molecule is CC(C)C(CNc1ccc(Cl)cc1N)C(C)C. The van der Waals surface area contributed by atoms with Crippen molar-refractivity contribution in [3.05, 3.63) is 23.2 Å². The fourth-order valence-electron chi connectivity index (χ4n) is 2.16. The van der Waals surface area contributed by atoms with E-state index in [9.17, 15) is 0 Å². The van der Waals surface area contributed by atoms with Crippen molar-refractivity contribution >= 4 is 23.0 Å². The molecule has 0 saturated carbocycles. The number of benzene rings is 1. The molecule has 2 nitrogen and oxygen atoms in total. The highest BCUT2D eigenvalue weighted by atomic mass is 35.5. The molecule has 0 aliphatic rings. The Labute approximate surface area is 110 Å². The summed E-state index contributed by atoms with van der Waals surface area (Å²) in [5.74, 6) is 1.97. The summed E-state index contributed by atoms with van der Waals surface area (Å²) in [6, 6.07) is 5.58. The van der Waals surface area contributed by atoms with Crippen molar-refractivity contribution in [1.82, 2.24) is 0 Å². The van der Waals surface area contributed by atoms with E-state index in [0.717, 1.165) is 12.2 Å². The first kappa shape index (κ1) is 14.2. The molecule has 96 valence electrons. The summed E-state index contributed by atoms with van der Waals surface area (Å²) in [4.78, 5) is 0. The van der Waals surface area contributed by atoms with Crippen LogP contribution in [0.1, 0.15) is 27.7 Å². The largest absolute Gasteiger partial charge is 0.397 e. The van der Waals surface area contributed by atoms with Crippen LogP contribution in [0, 0.1) is 17.8 Å². The fraction of sp³-hybridized carbons (Fsp3) is 0.571. The smallest absolute Gasteiger partial charge is 0.0575 e. The van der Waals surface area contributed by atoms with Gasteiger partial charge in [-0.25, -0.2) is 0 Å². The predicted octanol–water partition coefficient (Wildman–Crippen LogP) is 4.26. The molecule has 3 heteroatoms. The fourth-order valence-corrected chi connectivity index (χ4v) is 2.34. The zero-order chi connectivity index (χ0) is 13.0. The monoisotopic (exact) mass is 254 g/mol. The molecule has 0 aromatic heterocycles. The first-order valence-corrected chi connectivity index (χ1v) is 6.58. The van der Waals surface area contributed by atoms with Gasteiger partial charge >= 0.3 is 0 Å². The molecule has 0 aliphatic carbocycles. The van der Waals surface area contributed by atoms with Crippen LogP contribution in [-0.2, 0) is 0 Å². The lowest BCUT2D eigenvalue weighted by Gasteiger charge is -2.26. The van der Waals surface area contributed by atoms with Crippen LogP contribution in [-0.4, -0.2) is 6.54 Å². The minimum Gasteiger partial charge on any atom is -0.397 e. The van der Waals surface area contributed by atoms with E-state index < -0.39 is 0 Å². The van der Waals surface area contributed by atoms with Crippen molar-refractivity contribution in [2.45, 2.75) is 27.7 Å². The number of hydrogen-bond donors (Lipinski definition) is 2. The lowest BCUT2D eigenvalue weighted by molar-refractivity contribution is 0.304. The number of anilines is 2. The van der Waals surface area contributed by atoms with Crippen LogP contribution in [0.15, 0.2) is 18.2 Å². The van der Waals surface area contributed by atoms with Gasteiger partial charge in [-0.3, -0.25) is 0 Å². The van der Waals surface area contributed by atoms with Gasteiger partial charge in [0, 0.05) is 11.6 Å². The third kappa shape index (κ3) is 4.12. The van der Waals surface area contributed by atoms with Crippen LogP contribution in [0.5, 0.6) is 0 Å². The van der Waals surface area contributed by atoms with Crippen molar-refractivity contribution < 1.29 is 0 Å². The second-order valence-electron chi connectivity index (χ2n) is 5.26. The second-order valence-corrected chi connectivity index (χ2v) is 5.70. The molecule has 1 aromatic rings. The number of halogens is 1. The van der Waals surface area contributed by atoms with Crippen LogP contribution in [0.4, 0.5) is 11.4 Å². The molecule has 0 bridgehead atoms. The second kappa shape index (κ2) is 6.15. The molecule has 0 unspecified atom stereocenters. The van der Waals surface area contributed by atoms with Crippen LogP contribution >= 0.6 is 11.6 Å². The van der Waals surface area contributed by atoms with Gasteiger partial charge in [0.15, 0.2) is 0 Å². The Morgan fingerprint density at radius 2 is 1.76 bits per heavy atom. The van der Waals surface area contributed by atoms with E-state index in [-0.39, 0.29) is 0 Å². The zero-order valence-corrected chi connectivity index (χ0v) is 11.9. The average Bonchev–Trinajstić information content (AvgIpc) is 2.20. The van der Waals surface area contributed by atoms with Crippen molar-refractivity contribution in [2.24, 2.45) is 17.8 Å². The van der Waals surface area contributed by atoms with Gasteiger partial charge in [0.2, 0.25) is 0 Å². The molecule has 1 rings (SSSR count). The van der Waals surface area contributed by atoms with Crippen LogP contribution in [0.3, 0.4) is 0 Å². The first-order chi connectivity index (χ1) is 7.91. The highest BCUT2D eigenvalue weighted by Gasteiger charge is 2.17. The molecular formula is C14H23ClN2. The number of rotatable bonds is 5. The highest BCUT2D eigenvalue weighted by Crippen LogP contribution is 2.25. The summed E-state index contributed by atoms with van der Waals surface area (Å²) in [6.45, 7) is 9.99. The number of nitrogens with two attached hydrogens (primary N) is 1. The molecule has 1 aromatic carbocycles. The number of hydrogen-bond acceptors (Lipinski definition) is 2. The minimum atomic E-state index is 0.644. The highest BCUT2D eigenvalue weighted by molar-refractivity contribution is 6.31. The number of nitrogen functional groups attached to an aromatic ring is 1. The van der Waals surface area contributed by atoms with Crippen molar-refractivity contribution in [3.63, 3.8) is 0 Å².